The monoisotopic (exact) mass is 358 g/mol. The molecule has 0 spiro atoms. The van der Waals surface area contributed by atoms with Gasteiger partial charge in [0.05, 0.1) is 0 Å². The second kappa shape index (κ2) is 8.23. The lowest BCUT2D eigenvalue weighted by molar-refractivity contribution is 0.0617. The summed E-state index contributed by atoms with van der Waals surface area (Å²) in [6.45, 7) is 9.56. The Morgan fingerprint density at radius 1 is 1.27 bits per heavy atom. The van der Waals surface area contributed by atoms with E-state index in [-0.39, 0.29) is 12.4 Å². The van der Waals surface area contributed by atoms with Gasteiger partial charge in [-0.05, 0) is 64.9 Å². The summed E-state index contributed by atoms with van der Waals surface area (Å²) in [4.78, 5) is 14.4. The largest absolute Gasteiger partial charge is 0.491 e. The normalized spacial score (nSPS) is 16.8. The molecule has 0 aliphatic carbocycles. The zero-order valence-electron chi connectivity index (χ0n) is 16.1. The molecule has 0 radical (unpaired) electrons. The molecule has 1 saturated heterocycles. The van der Waals surface area contributed by atoms with Gasteiger partial charge in [-0.25, -0.2) is 0 Å². The number of likely N-dealkylation sites (tertiary alicyclic amines) is 1. The molecule has 1 aromatic carbocycles. The van der Waals surface area contributed by atoms with Gasteiger partial charge in [0.25, 0.3) is 0 Å². The van der Waals surface area contributed by atoms with Gasteiger partial charge in [0, 0.05) is 35.2 Å². The third-order valence-electron chi connectivity index (χ3n) is 5.32. The SMILES string of the molecule is CCn1c(C)c(C(C)=O)c2cc(OC[C@@H](O)CN3CCCCC3)ccc21. The average Bonchev–Trinajstić information content (AvgIpc) is 2.91. The Morgan fingerprint density at radius 3 is 2.65 bits per heavy atom. The maximum Gasteiger partial charge on any atom is 0.162 e. The zero-order valence-corrected chi connectivity index (χ0v) is 16.1. The Balaban J connectivity index is 1.72. The van der Waals surface area contributed by atoms with E-state index < -0.39 is 6.10 Å². The van der Waals surface area contributed by atoms with Crippen LogP contribution in [0.5, 0.6) is 5.75 Å². The first-order valence-electron chi connectivity index (χ1n) is 9.68. The number of nitrogens with zero attached hydrogens (tertiary/aromatic N) is 2. The molecule has 142 valence electrons. The summed E-state index contributed by atoms with van der Waals surface area (Å²) in [7, 11) is 0. The highest BCUT2D eigenvalue weighted by Crippen LogP contribution is 2.30. The third-order valence-corrected chi connectivity index (χ3v) is 5.32. The second-order valence-electron chi connectivity index (χ2n) is 7.27. The summed E-state index contributed by atoms with van der Waals surface area (Å²) in [5.41, 5.74) is 2.81. The molecule has 0 bridgehead atoms. The molecule has 3 rings (SSSR count). The predicted molar refractivity (Wildman–Crippen MR) is 104 cm³/mol. The number of aryl methyl sites for hydroxylation is 1. The summed E-state index contributed by atoms with van der Waals surface area (Å²) in [5.74, 6) is 0.771. The minimum atomic E-state index is -0.502. The Kier molecular flexibility index (Phi) is 5.99. The standard InChI is InChI=1S/C21H30N2O3/c1-4-23-15(2)21(16(3)24)19-12-18(8-9-20(19)23)26-14-17(25)13-22-10-6-5-7-11-22/h8-9,12,17,25H,4-7,10-11,13-14H2,1-3H3/t17-/m0/s1. The Labute approximate surface area is 155 Å². The number of fused-ring (bicyclic) bond motifs is 1. The van der Waals surface area contributed by atoms with Gasteiger partial charge < -0.3 is 19.3 Å². The van der Waals surface area contributed by atoms with Gasteiger partial charge in [-0.1, -0.05) is 6.42 Å². The van der Waals surface area contributed by atoms with Crippen molar-refractivity contribution in [2.24, 2.45) is 0 Å². The zero-order chi connectivity index (χ0) is 18.7. The first-order valence-corrected chi connectivity index (χ1v) is 9.68. The first kappa shape index (κ1) is 18.9. The third kappa shape index (κ3) is 3.94. The van der Waals surface area contributed by atoms with Gasteiger partial charge in [0.2, 0.25) is 0 Å². The van der Waals surface area contributed by atoms with E-state index in [1.807, 2.05) is 25.1 Å². The van der Waals surface area contributed by atoms with Crippen LogP contribution in [0.4, 0.5) is 0 Å². The van der Waals surface area contributed by atoms with Gasteiger partial charge in [-0.15, -0.1) is 0 Å². The van der Waals surface area contributed by atoms with Crippen molar-refractivity contribution in [2.45, 2.75) is 52.7 Å². The fraction of sp³-hybridized carbons (Fsp3) is 0.571. The Hall–Kier alpha value is -1.85. The highest BCUT2D eigenvalue weighted by molar-refractivity contribution is 6.08. The van der Waals surface area contributed by atoms with Gasteiger partial charge in [-0.3, -0.25) is 4.79 Å². The minimum absolute atomic E-state index is 0.0713. The van der Waals surface area contributed by atoms with Crippen LogP contribution in [0.25, 0.3) is 10.9 Å². The molecule has 0 unspecified atom stereocenters. The molecule has 2 heterocycles. The molecule has 1 aliphatic rings. The molecule has 0 saturated carbocycles. The highest BCUT2D eigenvalue weighted by Gasteiger charge is 2.18. The van der Waals surface area contributed by atoms with Gasteiger partial charge in [-0.2, -0.15) is 0 Å². The summed E-state index contributed by atoms with van der Waals surface area (Å²) >= 11 is 0. The van der Waals surface area contributed by atoms with Crippen molar-refractivity contribution in [2.75, 3.05) is 26.2 Å². The Bertz CT molecular complexity index is 775. The van der Waals surface area contributed by atoms with Gasteiger partial charge in [0.1, 0.15) is 18.5 Å². The molecular formula is C21H30N2O3. The number of β-amino-alcohol motifs (C(OH)–C–C–N with tert-alkyl or cyclic N) is 1. The lowest BCUT2D eigenvalue weighted by atomic mass is 10.1. The van der Waals surface area contributed by atoms with Crippen LogP contribution in [0.2, 0.25) is 0 Å². The van der Waals surface area contributed by atoms with Crippen LogP contribution >= 0.6 is 0 Å². The van der Waals surface area contributed by atoms with E-state index in [2.05, 4.69) is 16.4 Å². The number of Topliss-reactive ketones (excluding diaryl/α,β-unsaturated/α-hetero) is 1. The van der Waals surface area contributed by atoms with E-state index in [1.54, 1.807) is 6.92 Å². The molecule has 1 atom stereocenters. The fourth-order valence-corrected chi connectivity index (χ4v) is 4.09. The smallest absolute Gasteiger partial charge is 0.162 e. The van der Waals surface area contributed by atoms with Crippen LogP contribution in [0.3, 0.4) is 0 Å². The fourth-order valence-electron chi connectivity index (χ4n) is 4.09. The molecule has 1 aromatic heterocycles. The van der Waals surface area contributed by atoms with Crippen LogP contribution in [-0.2, 0) is 6.54 Å². The number of benzene rings is 1. The predicted octanol–water partition coefficient (Wildman–Crippen LogP) is 3.40. The number of carbonyl (C=O) groups excluding carboxylic acids is 1. The molecular weight excluding hydrogens is 328 g/mol. The Morgan fingerprint density at radius 2 is 2.00 bits per heavy atom. The highest BCUT2D eigenvalue weighted by atomic mass is 16.5. The summed E-state index contributed by atoms with van der Waals surface area (Å²) in [6, 6.07) is 5.86. The molecule has 2 aromatic rings. The number of hydrogen-bond acceptors (Lipinski definition) is 4. The van der Waals surface area contributed by atoms with Crippen LogP contribution in [0, 0.1) is 6.92 Å². The van der Waals surface area contributed by atoms with E-state index in [9.17, 15) is 9.90 Å². The van der Waals surface area contributed by atoms with Crippen LogP contribution in [0.1, 0.15) is 49.2 Å². The lowest BCUT2D eigenvalue weighted by Gasteiger charge is -2.28. The molecule has 1 aliphatic heterocycles. The number of rotatable bonds is 7. The maximum absolute atomic E-state index is 12.1. The molecule has 26 heavy (non-hydrogen) atoms. The van der Waals surface area contributed by atoms with Crippen molar-refractivity contribution in [3.63, 3.8) is 0 Å². The molecule has 1 fully saturated rings. The van der Waals surface area contributed by atoms with Crippen molar-refractivity contribution in [1.29, 1.82) is 0 Å². The van der Waals surface area contributed by atoms with E-state index >= 15 is 0 Å². The minimum Gasteiger partial charge on any atom is -0.491 e. The number of hydrogen-bond donors (Lipinski definition) is 1. The number of ketones is 1. The van der Waals surface area contributed by atoms with Crippen molar-refractivity contribution in [3.05, 3.63) is 29.5 Å². The summed E-state index contributed by atoms with van der Waals surface area (Å²) < 4.78 is 7.99. The van der Waals surface area contributed by atoms with Crippen molar-refractivity contribution >= 4 is 16.7 Å². The van der Waals surface area contributed by atoms with Gasteiger partial charge in [0.15, 0.2) is 5.78 Å². The van der Waals surface area contributed by atoms with Crippen LogP contribution in [-0.4, -0.2) is 52.7 Å². The molecule has 1 N–H and O–H groups in total. The average molecular weight is 358 g/mol. The second-order valence-corrected chi connectivity index (χ2v) is 7.27. The topological polar surface area (TPSA) is 54.7 Å². The summed E-state index contributed by atoms with van der Waals surface area (Å²) in [6.07, 6.45) is 3.22. The van der Waals surface area contributed by atoms with Crippen molar-refractivity contribution in [3.8, 4) is 5.75 Å². The van der Waals surface area contributed by atoms with Crippen molar-refractivity contribution < 1.29 is 14.6 Å². The number of aliphatic hydroxyl groups excluding tert-OH is 1. The first-order chi connectivity index (χ1) is 12.5. The number of aliphatic hydroxyl groups is 1. The van der Waals surface area contributed by atoms with E-state index in [0.29, 0.717) is 12.3 Å². The number of aromatic nitrogens is 1. The van der Waals surface area contributed by atoms with E-state index in [0.717, 1.165) is 41.8 Å². The summed E-state index contributed by atoms with van der Waals surface area (Å²) in [5, 5.41) is 11.2. The quantitative estimate of drug-likeness (QED) is 0.771. The molecule has 5 nitrogen and oxygen atoms in total. The number of carbonyl (C=O) groups is 1. The van der Waals surface area contributed by atoms with E-state index in [1.165, 1.54) is 19.3 Å². The van der Waals surface area contributed by atoms with E-state index in [4.69, 9.17) is 4.74 Å². The van der Waals surface area contributed by atoms with Gasteiger partial charge >= 0.3 is 0 Å². The lowest BCUT2D eigenvalue weighted by Crippen LogP contribution is -2.38. The number of piperidine rings is 1. The van der Waals surface area contributed by atoms with Crippen molar-refractivity contribution in [1.82, 2.24) is 9.47 Å². The van der Waals surface area contributed by atoms with Crippen LogP contribution in [0.15, 0.2) is 18.2 Å². The maximum atomic E-state index is 12.1. The number of ether oxygens (including phenoxy) is 1. The van der Waals surface area contributed by atoms with Crippen LogP contribution < -0.4 is 4.74 Å². The molecule has 5 heteroatoms. The molecule has 0 amide bonds.